The molecule has 4 heteroatoms. The Morgan fingerprint density at radius 3 is 1.38 bits per heavy atom. The normalized spacial score (nSPS) is 13.3. The minimum atomic E-state index is -0.666. The van der Waals surface area contributed by atoms with Gasteiger partial charge in [0.1, 0.15) is 0 Å². The van der Waals surface area contributed by atoms with E-state index in [1.807, 2.05) is 0 Å². The number of hydrogen-bond donors (Lipinski definition) is 3. The number of aliphatic hydroxyl groups excluding tert-OH is 2. The summed E-state index contributed by atoms with van der Waals surface area (Å²) in [6.07, 6.45) is 52.2. The monoisotopic (exact) mass is 674 g/mol. The van der Waals surface area contributed by atoms with Gasteiger partial charge in [-0.05, 0) is 44.9 Å². The van der Waals surface area contributed by atoms with Gasteiger partial charge in [0.05, 0.1) is 18.8 Å². The second kappa shape index (κ2) is 40.0. The van der Waals surface area contributed by atoms with Gasteiger partial charge >= 0.3 is 0 Å². The molecule has 0 saturated carbocycles. The van der Waals surface area contributed by atoms with Gasteiger partial charge in [-0.3, -0.25) is 4.79 Å². The Bertz CT molecular complexity index is 731. The maximum Gasteiger partial charge on any atom is 0.220 e. The lowest BCUT2D eigenvalue weighted by atomic mass is 10.0. The van der Waals surface area contributed by atoms with Crippen LogP contribution in [0.5, 0.6) is 0 Å². The molecule has 0 heterocycles. The predicted octanol–water partition coefficient (Wildman–Crippen LogP) is 13.0. The fraction of sp³-hybridized carbons (Fsp3) is 0.841. The molecule has 0 bridgehead atoms. The Labute approximate surface area is 300 Å². The number of aliphatic hydroxyl groups is 2. The zero-order valence-corrected chi connectivity index (χ0v) is 32.3. The maximum absolute atomic E-state index is 12.4. The number of carbonyl (C=O) groups excluding carboxylic acids is 1. The van der Waals surface area contributed by atoms with Crippen LogP contribution in [0.1, 0.15) is 219 Å². The van der Waals surface area contributed by atoms with Gasteiger partial charge < -0.3 is 15.5 Å². The molecule has 0 fully saturated rings. The van der Waals surface area contributed by atoms with Crippen molar-refractivity contribution >= 4 is 5.91 Å². The van der Waals surface area contributed by atoms with E-state index in [4.69, 9.17) is 0 Å². The summed E-state index contributed by atoms with van der Waals surface area (Å²) in [7, 11) is 0. The number of allylic oxidation sites excluding steroid dienone is 6. The Hall–Kier alpha value is -1.39. The molecule has 2 unspecified atom stereocenters. The first kappa shape index (κ1) is 46.6. The molecule has 1 amide bonds. The van der Waals surface area contributed by atoms with Gasteiger partial charge in [-0.25, -0.2) is 0 Å². The molecule has 0 aromatic carbocycles. The third kappa shape index (κ3) is 35.9. The van der Waals surface area contributed by atoms with Gasteiger partial charge in [-0.2, -0.15) is 0 Å². The highest BCUT2D eigenvalue weighted by molar-refractivity contribution is 5.76. The van der Waals surface area contributed by atoms with E-state index in [1.54, 1.807) is 0 Å². The van der Waals surface area contributed by atoms with Gasteiger partial charge in [-0.15, -0.1) is 0 Å². The molecule has 2 atom stereocenters. The van der Waals surface area contributed by atoms with Crippen molar-refractivity contribution < 1.29 is 15.0 Å². The van der Waals surface area contributed by atoms with Crippen molar-refractivity contribution in [3.05, 3.63) is 36.5 Å². The molecule has 0 spiro atoms. The summed E-state index contributed by atoms with van der Waals surface area (Å²) < 4.78 is 0. The van der Waals surface area contributed by atoms with E-state index in [2.05, 4.69) is 55.6 Å². The highest BCUT2D eigenvalue weighted by Gasteiger charge is 2.19. The summed E-state index contributed by atoms with van der Waals surface area (Å²) in [5, 5.41) is 23.1. The summed E-state index contributed by atoms with van der Waals surface area (Å²) in [5.41, 5.74) is 0. The topological polar surface area (TPSA) is 69.6 Å². The Morgan fingerprint density at radius 2 is 0.917 bits per heavy atom. The number of nitrogens with one attached hydrogen (secondary N) is 1. The van der Waals surface area contributed by atoms with Crippen LogP contribution in [0.3, 0.4) is 0 Å². The summed E-state index contributed by atoms with van der Waals surface area (Å²) in [5.74, 6) is -0.0481. The molecule has 0 aliphatic heterocycles. The first-order valence-electron chi connectivity index (χ1n) is 21.2. The standard InChI is InChI=1S/C44H83NO3/c1-3-5-7-9-11-13-15-17-19-20-21-22-23-24-26-27-29-31-33-35-37-39-43(47)42(41-46)45-44(48)40-38-36-34-32-30-28-25-18-16-14-12-10-8-6-4-2/h6,8,12,14,18,25,42-43,46-47H,3-5,7,9-11,13,15-17,19-24,26-41H2,1-2H3,(H,45,48)/b8-6-,14-12-,25-18-. The van der Waals surface area contributed by atoms with E-state index in [0.717, 1.165) is 57.8 Å². The average molecular weight is 674 g/mol. The minimum Gasteiger partial charge on any atom is -0.394 e. The summed E-state index contributed by atoms with van der Waals surface area (Å²) in [6, 6.07) is -0.544. The second-order valence-electron chi connectivity index (χ2n) is 14.4. The van der Waals surface area contributed by atoms with Crippen LogP contribution in [0.4, 0.5) is 0 Å². The number of unbranched alkanes of at least 4 members (excludes halogenated alkanes) is 25. The van der Waals surface area contributed by atoms with E-state index in [9.17, 15) is 15.0 Å². The fourth-order valence-electron chi connectivity index (χ4n) is 6.43. The van der Waals surface area contributed by atoms with Crippen LogP contribution < -0.4 is 5.32 Å². The van der Waals surface area contributed by atoms with Crippen molar-refractivity contribution in [2.24, 2.45) is 0 Å². The lowest BCUT2D eigenvalue weighted by Crippen LogP contribution is -2.45. The van der Waals surface area contributed by atoms with Crippen molar-refractivity contribution in [2.45, 2.75) is 231 Å². The van der Waals surface area contributed by atoms with Gasteiger partial charge in [0.2, 0.25) is 5.91 Å². The van der Waals surface area contributed by atoms with Gasteiger partial charge in [-0.1, -0.05) is 204 Å². The Balaban J connectivity index is 3.53. The number of carbonyl (C=O) groups is 1. The molecule has 0 saturated heterocycles. The number of hydrogen-bond acceptors (Lipinski definition) is 3. The van der Waals surface area contributed by atoms with E-state index in [-0.39, 0.29) is 12.5 Å². The van der Waals surface area contributed by atoms with Crippen molar-refractivity contribution in [1.29, 1.82) is 0 Å². The molecule has 48 heavy (non-hydrogen) atoms. The number of amides is 1. The Morgan fingerprint density at radius 1 is 0.521 bits per heavy atom. The predicted molar refractivity (Wildman–Crippen MR) is 212 cm³/mol. The third-order valence-corrected chi connectivity index (χ3v) is 9.67. The first-order chi connectivity index (χ1) is 23.7. The summed E-state index contributed by atoms with van der Waals surface area (Å²) in [6.45, 7) is 4.24. The molecule has 0 aliphatic carbocycles. The van der Waals surface area contributed by atoms with Crippen molar-refractivity contribution in [3.63, 3.8) is 0 Å². The molecular formula is C44H83NO3. The Kier molecular flexibility index (Phi) is 38.9. The van der Waals surface area contributed by atoms with Crippen LogP contribution in [0.25, 0.3) is 0 Å². The second-order valence-corrected chi connectivity index (χ2v) is 14.4. The smallest absolute Gasteiger partial charge is 0.220 e. The largest absolute Gasteiger partial charge is 0.394 e. The quantitative estimate of drug-likeness (QED) is 0.0451. The van der Waals surface area contributed by atoms with Crippen LogP contribution in [0, 0.1) is 0 Å². The van der Waals surface area contributed by atoms with E-state index < -0.39 is 12.1 Å². The van der Waals surface area contributed by atoms with Crippen LogP contribution in [-0.2, 0) is 4.79 Å². The molecule has 0 radical (unpaired) electrons. The molecule has 0 aromatic heterocycles. The van der Waals surface area contributed by atoms with Crippen LogP contribution in [-0.4, -0.2) is 34.9 Å². The zero-order chi connectivity index (χ0) is 35.0. The molecular weight excluding hydrogens is 590 g/mol. The van der Waals surface area contributed by atoms with E-state index in [0.29, 0.717) is 12.8 Å². The molecule has 282 valence electrons. The van der Waals surface area contributed by atoms with Gasteiger partial charge in [0.25, 0.3) is 0 Å². The lowest BCUT2D eigenvalue weighted by Gasteiger charge is -2.22. The van der Waals surface area contributed by atoms with E-state index in [1.165, 1.54) is 135 Å². The van der Waals surface area contributed by atoms with Gasteiger partial charge in [0.15, 0.2) is 0 Å². The third-order valence-electron chi connectivity index (χ3n) is 9.67. The van der Waals surface area contributed by atoms with Gasteiger partial charge in [0, 0.05) is 6.42 Å². The highest BCUT2D eigenvalue weighted by Crippen LogP contribution is 2.16. The van der Waals surface area contributed by atoms with Crippen LogP contribution >= 0.6 is 0 Å². The van der Waals surface area contributed by atoms with Crippen LogP contribution in [0.15, 0.2) is 36.5 Å². The van der Waals surface area contributed by atoms with Crippen molar-refractivity contribution in [2.75, 3.05) is 6.61 Å². The summed E-state index contributed by atoms with van der Waals surface area (Å²) >= 11 is 0. The highest BCUT2D eigenvalue weighted by atomic mass is 16.3. The van der Waals surface area contributed by atoms with E-state index >= 15 is 0 Å². The molecule has 0 aliphatic rings. The minimum absolute atomic E-state index is 0.0481. The van der Waals surface area contributed by atoms with Crippen molar-refractivity contribution in [1.82, 2.24) is 5.32 Å². The molecule has 4 nitrogen and oxygen atoms in total. The van der Waals surface area contributed by atoms with Crippen molar-refractivity contribution in [3.8, 4) is 0 Å². The zero-order valence-electron chi connectivity index (χ0n) is 32.3. The maximum atomic E-state index is 12.4. The van der Waals surface area contributed by atoms with Crippen LogP contribution in [0.2, 0.25) is 0 Å². The lowest BCUT2D eigenvalue weighted by molar-refractivity contribution is -0.123. The number of rotatable bonds is 38. The molecule has 3 N–H and O–H groups in total. The summed E-state index contributed by atoms with van der Waals surface area (Å²) in [4.78, 5) is 12.4. The average Bonchev–Trinajstić information content (AvgIpc) is 3.09. The fourth-order valence-corrected chi connectivity index (χ4v) is 6.43. The first-order valence-corrected chi connectivity index (χ1v) is 21.2. The molecule has 0 rings (SSSR count). The molecule has 0 aromatic rings. The SMILES string of the molecule is CC/C=C\C/C=C\C/C=C\CCCCCCCC(=O)NC(CO)C(O)CCCCCCCCCCCCCCCCCCCCCCC.